The van der Waals surface area contributed by atoms with E-state index in [1.165, 1.54) is 17.3 Å². The third-order valence-corrected chi connectivity index (χ3v) is 5.26. The lowest BCUT2D eigenvalue weighted by molar-refractivity contribution is -0.137. The summed E-state index contributed by atoms with van der Waals surface area (Å²) in [6, 6.07) is 14.8. The number of nitrogens with one attached hydrogen (secondary N) is 2. The SMILES string of the molecule is O=C(O)CCC(NC(=O)OCC1c2ccccc2-c2ccccc21)C(=O)Nn1cnnc1. The first kappa shape index (κ1) is 21.0. The predicted octanol–water partition coefficient (Wildman–Crippen LogP) is 2.12. The molecular formula is C22H21N5O5. The Morgan fingerprint density at radius 1 is 1.00 bits per heavy atom. The van der Waals surface area contributed by atoms with Gasteiger partial charge in [-0.05, 0) is 28.7 Å². The van der Waals surface area contributed by atoms with E-state index in [4.69, 9.17) is 9.84 Å². The number of hydrogen-bond donors (Lipinski definition) is 3. The van der Waals surface area contributed by atoms with Crippen molar-refractivity contribution in [1.29, 1.82) is 0 Å². The van der Waals surface area contributed by atoms with Gasteiger partial charge in [-0.15, -0.1) is 10.2 Å². The normalized spacial score (nSPS) is 13.0. The van der Waals surface area contributed by atoms with Crippen molar-refractivity contribution < 1.29 is 24.2 Å². The number of ether oxygens (including phenoxy) is 1. The molecule has 3 aromatic rings. The van der Waals surface area contributed by atoms with E-state index in [9.17, 15) is 14.4 Å². The standard InChI is InChI=1S/C22H21N5O5/c28-20(29)10-9-19(21(30)26-27-12-23-24-13-27)25-22(31)32-11-18-16-7-3-1-5-14(16)15-6-2-4-8-17(15)18/h1-8,12-13,18-19H,9-11H2,(H,25,31)(H,26,30)(H,28,29). The van der Waals surface area contributed by atoms with Crippen LogP contribution in [-0.2, 0) is 14.3 Å². The summed E-state index contributed by atoms with van der Waals surface area (Å²) >= 11 is 0. The Morgan fingerprint density at radius 3 is 2.19 bits per heavy atom. The van der Waals surface area contributed by atoms with Gasteiger partial charge in [-0.25, -0.2) is 9.47 Å². The van der Waals surface area contributed by atoms with Crippen LogP contribution in [0.2, 0.25) is 0 Å². The van der Waals surface area contributed by atoms with Gasteiger partial charge in [0.15, 0.2) is 0 Å². The Morgan fingerprint density at radius 2 is 1.59 bits per heavy atom. The van der Waals surface area contributed by atoms with Gasteiger partial charge in [-0.3, -0.25) is 15.0 Å². The molecule has 0 aliphatic heterocycles. The van der Waals surface area contributed by atoms with Gasteiger partial charge in [-0.1, -0.05) is 48.5 Å². The predicted molar refractivity (Wildman–Crippen MR) is 113 cm³/mol. The van der Waals surface area contributed by atoms with Crippen LogP contribution in [0.4, 0.5) is 4.79 Å². The molecular weight excluding hydrogens is 414 g/mol. The molecule has 0 fully saturated rings. The van der Waals surface area contributed by atoms with Gasteiger partial charge < -0.3 is 15.2 Å². The zero-order valence-electron chi connectivity index (χ0n) is 17.0. The van der Waals surface area contributed by atoms with Crippen LogP contribution in [0, 0.1) is 0 Å². The maximum Gasteiger partial charge on any atom is 0.407 e. The van der Waals surface area contributed by atoms with Crippen LogP contribution in [-0.4, -0.2) is 50.6 Å². The third-order valence-electron chi connectivity index (χ3n) is 5.26. The molecule has 0 saturated heterocycles. The third kappa shape index (κ3) is 4.59. The summed E-state index contributed by atoms with van der Waals surface area (Å²) in [5.41, 5.74) is 6.80. The van der Waals surface area contributed by atoms with Crippen LogP contribution in [0.15, 0.2) is 61.2 Å². The summed E-state index contributed by atoms with van der Waals surface area (Å²) in [6.45, 7) is 0.0819. The molecule has 2 amide bonds. The lowest BCUT2D eigenvalue weighted by Gasteiger charge is -2.19. The molecule has 2 aromatic carbocycles. The number of amides is 2. The number of carboxylic acid groups (broad SMARTS) is 1. The Kier molecular flexibility index (Phi) is 6.11. The Hall–Kier alpha value is -4.21. The molecule has 0 saturated carbocycles. The summed E-state index contributed by atoms with van der Waals surface area (Å²) in [5.74, 6) is -1.82. The number of aliphatic carboxylic acids is 1. The van der Waals surface area contributed by atoms with E-state index in [0.29, 0.717) is 0 Å². The van der Waals surface area contributed by atoms with Gasteiger partial charge in [0.2, 0.25) is 0 Å². The quantitative estimate of drug-likeness (QED) is 0.493. The van der Waals surface area contributed by atoms with Crippen molar-refractivity contribution in [2.24, 2.45) is 0 Å². The first-order valence-corrected chi connectivity index (χ1v) is 10.0. The summed E-state index contributed by atoms with van der Waals surface area (Å²) in [4.78, 5) is 36.0. The molecule has 1 heterocycles. The van der Waals surface area contributed by atoms with Crippen LogP contribution in [0.3, 0.4) is 0 Å². The molecule has 1 atom stereocenters. The van der Waals surface area contributed by atoms with E-state index in [-0.39, 0.29) is 25.4 Å². The van der Waals surface area contributed by atoms with Crippen LogP contribution in [0.1, 0.15) is 29.9 Å². The lowest BCUT2D eigenvalue weighted by atomic mass is 9.98. The number of fused-ring (bicyclic) bond motifs is 3. The van der Waals surface area contributed by atoms with E-state index in [1.807, 2.05) is 48.5 Å². The molecule has 10 heteroatoms. The number of aromatic nitrogens is 3. The van der Waals surface area contributed by atoms with Crippen LogP contribution in [0.25, 0.3) is 11.1 Å². The largest absolute Gasteiger partial charge is 0.481 e. The summed E-state index contributed by atoms with van der Waals surface area (Å²) in [6.07, 6.45) is 1.32. The van der Waals surface area contributed by atoms with Crippen molar-refractivity contribution in [2.45, 2.75) is 24.8 Å². The van der Waals surface area contributed by atoms with Crippen molar-refractivity contribution in [1.82, 2.24) is 20.2 Å². The number of carbonyl (C=O) groups excluding carboxylic acids is 2. The number of alkyl carbamates (subject to hydrolysis) is 1. The highest BCUT2D eigenvalue weighted by Crippen LogP contribution is 2.44. The molecule has 32 heavy (non-hydrogen) atoms. The molecule has 1 aromatic heterocycles. The van der Waals surface area contributed by atoms with Crippen molar-refractivity contribution in [3.8, 4) is 11.1 Å². The maximum absolute atomic E-state index is 12.5. The van der Waals surface area contributed by atoms with Crippen molar-refractivity contribution in [3.05, 3.63) is 72.3 Å². The topological polar surface area (TPSA) is 135 Å². The average Bonchev–Trinajstić information content (AvgIpc) is 3.41. The summed E-state index contributed by atoms with van der Waals surface area (Å²) in [7, 11) is 0. The van der Waals surface area contributed by atoms with Gasteiger partial charge in [-0.2, -0.15) is 0 Å². The smallest absolute Gasteiger partial charge is 0.407 e. The molecule has 1 unspecified atom stereocenters. The highest BCUT2D eigenvalue weighted by molar-refractivity contribution is 5.91. The zero-order chi connectivity index (χ0) is 22.5. The van der Waals surface area contributed by atoms with E-state index in [2.05, 4.69) is 20.9 Å². The molecule has 164 valence electrons. The number of hydrogen-bond acceptors (Lipinski definition) is 6. The second-order valence-electron chi connectivity index (χ2n) is 7.30. The van der Waals surface area contributed by atoms with Gasteiger partial charge in [0.05, 0.1) is 0 Å². The highest BCUT2D eigenvalue weighted by atomic mass is 16.5. The molecule has 0 bridgehead atoms. The van der Waals surface area contributed by atoms with Crippen molar-refractivity contribution in [3.63, 3.8) is 0 Å². The number of carbonyl (C=O) groups is 3. The number of carboxylic acids is 1. The number of nitrogens with zero attached hydrogens (tertiary/aromatic N) is 3. The van der Waals surface area contributed by atoms with Gasteiger partial charge >= 0.3 is 12.1 Å². The number of rotatable bonds is 8. The highest BCUT2D eigenvalue weighted by Gasteiger charge is 2.30. The summed E-state index contributed by atoms with van der Waals surface area (Å²) < 4.78 is 6.66. The molecule has 0 spiro atoms. The lowest BCUT2D eigenvalue weighted by Crippen LogP contribution is -2.46. The minimum atomic E-state index is -1.11. The van der Waals surface area contributed by atoms with Gasteiger partial charge in [0.1, 0.15) is 25.3 Å². The average molecular weight is 435 g/mol. The second-order valence-corrected chi connectivity index (χ2v) is 7.30. The maximum atomic E-state index is 12.5. The number of benzene rings is 2. The second kappa shape index (κ2) is 9.29. The zero-order valence-corrected chi connectivity index (χ0v) is 17.0. The van der Waals surface area contributed by atoms with Crippen molar-refractivity contribution in [2.75, 3.05) is 12.0 Å². The first-order chi connectivity index (χ1) is 15.5. The van der Waals surface area contributed by atoms with Crippen LogP contribution < -0.4 is 10.7 Å². The first-order valence-electron chi connectivity index (χ1n) is 10.0. The molecule has 4 rings (SSSR count). The molecule has 1 aliphatic carbocycles. The van der Waals surface area contributed by atoms with Gasteiger partial charge in [0, 0.05) is 12.3 Å². The van der Waals surface area contributed by atoms with E-state index >= 15 is 0 Å². The fourth-order valence-corrected chi connectivity index (χ4v) is 3.78. The van der Waals surface area contributed by atoms with Gasteiger partial charge in [0.25, 0.3) is 5.91 Å². The molecule has 1 aliphatic rings. The van der Waals surface area contributed by atoms with E-state index < -0.39 is 24.0 Å². The fraction of sp³-hybridized carbons (Fsp3) is 0.227. The van der Waals surface area contributed by atoms with E-state index in [1.54, 1.807) is 0 Å². The summed E-state index contributed by atoms with van der Waals surface area (Å²) in [5, 5.41) is 18.6. The Labute approximate surface area is 183 Å². The molecule has 10 nitrogen and oxygen atoms in total. The Balaban J connectivity index is 1.42. The monoisotopic (exact) mass is 435 g/mol. The van der Waals surface area contributed by atoms with Crippen LogP contribution in [0.5, 0.6) is 0 Å². The van der Waals surface area contributed by atoms with Crippen molar-refractivity contribution >= 4 is 18.0 Å². The van der Waals surface area contributed by atoms with E-state index in [0.717, 1.165) is 22.3 Å². The minimum Gasteiger partial charge on any atom is -0.481 e. The Bertz CT molecular complexity index is 1090. The minimum absolute atomic E-state index is 0.0819. The molecule has 3 N–H and O–H groups in total. The molecule has 0 radical (unpaired) electrons. The van der Waals surface area contributed by atoms with Crippen LogP contribution >= 0.6 is 0 Å². The fourth-order valence-electron chi connectivity index (χ4n) is 3.78.